The molecule has 1 aliphatic heterocycles. The zero-order valence-electron chi connectivity index (χ0n) is 12.3. The highest BCUT2D eigenvalue weighted by Crippen LogP contribution is 2.41. The van der Waals surface area contributed by atoms with E-state index < -0.39 is 0 Å². The minimum atomic E-state index is -0.327. The van der Waals surface area contributed by atoms with E-state index in [-0.39, 0.29) is 29.4 Å². The molecule has 2 aliphatic rings. The van der Waals surface area contributed by atoms with Gasteiger partial charge in [-0.05, 0) is 32.8 Å². The van der Waals surface area contributed by atoms with Crippen LogP contribution in [-0.2, 0) is 9.59 Å². The van der Waals surface area contributed by atoms with E-state index in [1.54, 1.807) is 6.07 Å². The molecule has 1 heterocycles. The summed E-state index contributed by atoms with van der Waals surface area (Å²) in [5, 5.41) is 0.632. The fraction of sp³-hybridized carbons (Fsp3) is 0.375. The molecule has 0 spiro atoms. The maximum atomic E-state index is 12.5. The number of anilines is 1. The van der Waals surface area contributed by atoms with Crippen molar-refractivity contribution < 1.29 is 14.3 Å². The van der Waals surface area contributed by atoms with E-state index in [2.05, 4.69) is 0 Å². The molecule has 4 nitrogen and oxygen atoms in total. The topological polar surface area (TPSA) is 46.6 Å². The van der Waals surface area contributed by atoms with Gasteiger partial charge < -0.3 is 4.74 Å². The van der Waals surface area contributed by atoms with E-state index in [1.807, 2.05) is 13.8 Å². The molecule has 0 atom stereocenters. The number of carbonyl (C=O) groups excluding carboxylic acids is 2. The Bertz CT molecular complexity index is 704. The average molecular weight is 340 g/mol. The summed E-state index contributed by atoms with van der Waals surface area (Å²) in [6, 6.07) is 3.09. The van der Waals surface area contributed by atoms with Crippen LogP contribution in [0.1, 0.15) is 33.1 Å². The van der Waals surface area contributed by atoms with Gasteiger partial charge in [0.15, 0.2) is 0 Å². The van der Waals surface area contributed by atoms with Crippen molar-refractivity contribution in [2.75, 3.05) is 4.90 Å². The van der Waals surface area contributed by atoms with Gasteiger partial charge in [-0.15, -0.1) is 0 Å². The van der Waals surface area contributed by atoms with Crippen molar-refractivity contribution in [2.45, 2.75) is 39.2 Å². The van der Waals surface area contributed by atoms with Crippen LogP contribution >= 0.6 is 23.2 Å². The highest BCUT2D eigenvalue weighted by molar-refractivity contribution is 6.39. The first-order valence-corrected chi connectivity index (χ1v) is 7.83. The van der Waals surface area contributed by atoms with Gasteiger partial charge in [-0.1, -0.05) is 28.8 Å². The lowest BCUT2D eigenvalue weighted by Gasteiger charge is -2.18. The number of halogens is 2. The van der Waals surface area contributed by atoms with Gasteiger partial charge in [-0.3, -0.25) is 9.59 Å². The normalized spacial score (nSPS) is 18.2. The predicted octanol–water partition coefficient (Wildman–Crippen LogP) is 4.13. The largest absolute Gasteiger partial charge is 0.489 e. The molecular weight excluding hydrogens is 325 g/mol. The number of allylic oxidation sites excluding steroid dienone is 1. The first-order valence-electron chi connectivity index (χ1n) is 7.08. The Balaban J connectivity index is 2.02. The molecule has 1 aromatic rings. The van der Waals surface area contributed by atoms with Crippen LogP contribution in [0.15, 0.2) is 23.3 Å². The molecular formula is C16H15Cl2NO3. The third kappa shape index (κ3) is 2.73. The SMILES string of the molecule is CC(C)=C1CC(=O)N(c2cc(OC3CC3)c(Cl)cc2Cl)C1=O. The maximum Gasteiger partial charge on any atom is 0.261 e. The van der Waals surface area contributed by atoms with Gasteiger partial charge in [0.05, 0.1) is 28.3 Å². The summed E-state index contributed by atoms with van der Waals surface area (Å²) in [7, 11) is 0. The number of ether oxygens (including phenoxy) is 1. The van der Waals surface area contributed by atoms with Crippen molar-refractivity contribution >= 4 is 40.7 Å². The Morgan fingerprint density at radius 2 is 1.86 bits per heavy atom. The van der Waals surface area contributed by atoms with E-state index in [0.717, 1.165) is 23.3 Å². The lowest BCUT2D eigenvalue weighted by Crippen LogP contribution is -2.29. The Labute approximate surface area is 138 Å². The number of nitrogens with zero attached hydrogens (tertiary/aromatic N) is 1. The fourth-order valence-electron chi connectivity index (χ4n) is 2.33. The molecule has 2 amide bonds. The fourth-order valence-corrected chi connectivity index (χ4v) is 2.85. The summed E-state index contributed by atoms with van der Waals surface area (Å²) in [5.41, 5.74) is 1.68. The number of rotatable bonds is 3. The van der Waals surface area contributed by atoms with Gasteiger partial charge in [-0.25, -0.2) is 4.90 Å². The first kappa shape index (κ1) is 15.4. The van der Waals surface area contributed by atoms with Crippen LogP contribution in [0.2, 0.25) is 10.0 Å². The standard InChI is InChI=1S/C16H15Cl2NO3/c1-8(2)10-5-15(20)19(16(10)21)13-7-14(22-9-3-4-9)12(18)6-11(13)17/h6-7,9H,3-5H2,1-2H3. The number of benzene rings is 1. The second-order valence-corrected chi connectivity index (χ2v) is 6.56. The molecule has 3 rings (SSSR count). The molecule has 6 heteroatoms. The van der Waals surface area contributed by atoms with Crippen LogP contribution in [-0.4, -0.2) is 17.9 Å². The molecule has 1 aliphatic carbocycles. The maximum absolute atomic E-state index is 12.5. The summed E-state index contributed by atoms with van der Waals surface area (Å²) in [4.78, 5) is 25.8. The zero-order chi connectivity index (χ0) is 16.0. The summed E-state index contributed by atoms with van der Waals surface area (Å²) in [6.07, 6.45) is 2.22. The molecule has 0 unspecified atom stereocenters. The van der Waals surface area contributed by atoms with Gasteiger partial charge in [0.1, 0.15) is 5.75 Å². The van der Waals surface area contributed by atoms with Gasteiger partial charge in [-0.2, -0.15) is 0 Å². The van der Waals surface area contributed by atoms with Crippen LogP contribution in [0.3, 0.4) is 0 Å². The Kier molecular flexibility index (Phi) is 3.91. The summed E-state index contributed by atoms with van der Waals surface area (Å²) >= 11 is 12.3. The number of amides is 2. The average Bonchev–Trinajstić information content (AvgIpc) is 3.19. The smallest absolute Gasteiger partial charge is 0.261 e. The molecule has 116 valence electrons. The minimum Gasteiger partial charge on any atom is -0.489 e. The third-order valence-electron chi connectivity index (χ3n) is 3.70. The van der Waals surface area contributed by atoms with E-state index in [1.165, 1.54) is 6.07 Å². The Hall–Kier alpha value is -1.52. The molecule has 0 N–H and O–H groups in total. The Morgan fingerprint density at radius 3 is 2.41 bits per heavy atom. The second-order valence-electron chi connectivity index (χ2n) is 5.74. The van der Waals surface area contributed by atoms with E-state index in [9.17, 15) is 9.59 Å². The van der Waals surface area contributed by atoms with E-state index in [0.29, 0.717) is 22.0 Å². The van der Waals surface area contributed by atoms with Crippen LogP contribution in [0.4, 0.5) is 5.69 Å². The summed E-state index contributed by atoms with van der Waals surface area (Å²) < 4.78 is 5.70. The number of imide groups is 1. The van der Waals surface area contributed by atoms with Crippen molar-refractivity contribution in [1.29, 1.82) is 0 Å². The lowest BCUT2D eigenvalue weighted by molar-refractivity contribution is -0.120. The van der Waals surface area contributed by atoms with Gasteiger partial charge in [0, 0.05) is 11.6 Å². The van der Waals surface area contributed by atoms with Gasteiger partial charge in [0.25, 0.3) is 5.91 Å². The minimum absolute atomic E-state index is 0.0962. The molecule has 2 fully saturated rings. The van der Waals surface area contributed by atoms with Crippen molar-refractivity contribution in [2.24, 2.45) is 0 Å². The molecule has 1 saturated heterocycles. The molecule has 22 heavy (non-hydrogen) atoms. The number of hydrogen-bond donors (Lipinski definition) is 0. The quantitative estimate of drug-likeness (QED) is 0.614. The summed E-state index contributed by atoms with van der Waals surface area (Å²) in [5.74, 6) is -0.163. The van der Waals surface area contributed by atoms with Crippen molar-refractivity contribution in [3.8, 4) is 5.75 Å². The van der Waals surface area contributed by atoms with Crippen molar-refractivity contribution in [3.63, 3.8) is 0 Å². The van der Waals surface area contributed by atoms with Gasteiger partial charge in [0.2, 0.25) is 5.91 Å². The molecule has 0 bridgehead atoms. The Morgan fingerprint density at radius 1 is 1.18 bits per heavy atom. The number of carbonyl (C=O) groups is 2. The van der Waals surface area contributed by atoms with Crippen molar-refractivity contribution in [1.82, 2.24) is 0 Å². The molecule has 1 saturated carbocycles. The lowest BCUT2D eigenvalue weighted by atomic mass is 10.1. The molecule has 1 aromatic carbocycles. The second kappa shape index (κ2) is 5.60. The van der Waals surface area contributed by atoms with Crippen LogP contribution < -0.4 is 9.64 Å². The predicted molar refractivity (Wildman–Crippen MR) is 85.6 cm³/mol. The van der Waals surface area contributed by atoms with Crippen molar-refractivity contribution in [3.05, 3.63) is 33.3 Å². The first-order chi connectivity index (χ1) is 10.4. The summed E-state index contributed by atoms with van der Waals surface area (Å²) in [6.45, 7) is 3.63. The van der Waals surface area contributed by atoms with Crippen LogP contribution in [0, 0.1) is 0 Å². The van der Waals surface area contributed by atoms with E-state index in [4.69, 9.17) is 27.9 Å². The monoisotopic (exact) mass is 339 g/mol. The van der Waals surface area contributed by atoms with Gasteiger partial charge >= 0.3 is 0 Å². The molecule has 0 aromatic heterocycles. The third-order valence-corrected chi connectivity index (χ3v) is 4.30. The van der Waals surface area contributed by atoms with Crippen LogP contribution in [0.25, 0.3) is 0 Å². The van der Waals surface area contributed by atoms with Crippen LogP contribution in [0.5, 0.6) is 5.75 Å². The van der Waals surface area contributed by atoms with E-state index >= 15 is 0 Å². The highest BCUT2D eigenvalue weighted by atomic mass is 35.5. The zero-order valence-corrected chi connectivity index (χ0v) is 13.8. The molecule has 0 radical (unpaired) electrons. The highest BCUT2D eigenvalue weighted by Gasteiger charge is 2.37. The number of hydrogen-bond acceptors (Lipinski definition) is 3.